The van der Waals surface area contributed by atoms with E-state index in [9.17, 15) is 23.2 Å². The van der Waals surface area contributed by atoms with Crippen LogP contribution in [0, 0.1) is 11.3 Å². The number of aryl methyl sites for hydroxylation is 1. The SMILES string of the molecule is COc1ccc(-c2c(N3CCC(Oc4ccc(OC(F)(F)F)cc4)CC3)c3nc(C#N)ccc3n(C)c2=O)cn1. The number of nitrogens with zero attached hydrogens (tertiary/aromatic N) is 5. The van der Waals surface area contributed by atoms with Crippen LogP contribution in [0.4, 0.5) is 18.9 Å². The van der Waals surface area contributed by atoms with Crippen molar-refractivity contribution in [2.75, 3.05) is 25.1 Å². The van der Waals surface area contributed by atoms with Crippen LogP contribution in [0.2, 0.25) is 0 Å². The Morgan fingerprint density at radius 2 is 1.73 bits per heavy atom. The number of methoxy groups -OCH3 is 1. The standard InChI is InChI=1S/C28H24F3N5O4/c1-35-22-9-4-18(15-32)34-25(22)26(24(27(35)37)17-3-10-23(38-2)33-16-17)36-13-11-20(12-14-36)39-19-5-7-21(8-6-19)40-28(29,30)31/h3-10,16,20H,11-14H2,1-2H3. The Balaban J connectivity index is 1.45. The van der Waals surface area contributed by atoms with Crippen LogP contribution < -0.4 is 24.7 Å². The minimum atomic E-state index is -4.76. The van der Waals surface area contributed by atoms with E-state index in [0.717, 1.165) is 0 Å². The normalized spacial score (nSPS) is 14.2. The third-order valence-electron chi connectivity index (χ3n) is 6.68. The quantitative estimate of drug-likeness (QED) is 0.336. The summed E-state index contributed by atoms with van der Waals surface area (Å²) in [5, 5.41) is 9.52. The van der Waals surface area contributed by atoms with E-state index in [1.807, 2.05) is 0 Å². The number of aromatic nitrogens is 3. The Hall–Kier alpha value is -4.79. The van der Waals surface area contributed by atoms with Crippen molar-refractivity contribution in [3.8, 4) is 34.6 Å². The summed E-state index contributed by atoms with van der Waals surface area (Å²) in [5.41, 5.74) is 2.70. The van der Waals surface area contributed by atoms with Gasteiger partial charge in [0.25, 0.3) is 5.56 Å². The van der Waals surface area contributed by atoms with Gasteiger partial charge in [0.2, 0.25) is 5.88 Å². The zero-order chi connectivity index (χ0) is 28.4. The summed E-state index contributed by atoms with van der Waals surface area (Å²) < 4.78 is 53.9. The van der Waals surface area contributed by atoms with Crippen LogP contribution in [0.1, 0.15) is 18.5 Å². The molecule has 0 N–H and O–H groups in total. The number of nitriles is 1. The molecule has 5 rings (SSSR count). The lowest BCUT2D eigenvalue weighted by Gasteiger charge is -2.35. The number of rotatable bonds is 6. The molecular weight excluding hydrogens is 527 g/mol. The van der Waals surface area contributed by atoms with Gasteiger partial charge >= 0.3 is 6.36 Å². The second kappa shape index (κ2) is 10.8. The predicted octanol–water partition coefficient (Wildman–Crippen LogP) is 4.82. The highest BCUT2D eigenvalue weighted by molar-refractivity contribution is 5.97. The fourth-order valence-corrected chi connectivity index (χ4v) is 4.78. The maximum Gasteiger partial charge on any atom is 0.573 e. The zero-order valence-corrected chi connectivity index (χ0v) is 21.6. The van der Waals surface area contributed by atoms with Gasteiger partial charge in [-0.15, -0.1) is 13.2 Å². The first-order valence-electron chi connectivity index (χ1n) is 12.4. The minimum absolute atomic E-state index is 0.197. The molecule has 4 aromatic rings. The van der Waals surface area contributed by atoms with Gasteiger partial charge in [-0.2, -0.15) is 5.26 Å². The highest BCUT2D eigenvalue weighted by Crippen LogP contribution is 2.36. The number of pyridine rings is 3. The first kappa shape index (κ1) is 26.8. The molecule has 4 heterocycles. The molecule has 1 saturated heterocycles. The van der Waals surface area contributed by atoms with Crippen LogP contribution in [0.15, 0.2) is 59.5 Å². The molecule has 1 aromatic carbocycles. The molecule has 0 atom stereocenters. The molecule has 0 amide bonds. The molecule has 0 radical (unpaired) electrons. The lowest BCUT2D eigenvalue weighted by molar-refractivity contribution is -0.274. The number of benzene rings is 1. The van der Waals surface area contributed by atoms with Gasteiger partial charge in [0.15, 0.2) is 0 Å². The molecule has 0 saturated carbocycles. The Morgan fingerprint density at radius 1 is 1.02 bits per heavy atom. The van der Waals surface area contributed by atoms with E-state index in [2.05, 4.69) is 25.7 Å². The van der Waals surface area contributed by atoms with Gasteiger partial charge in [-0.3, -0.25) is 4.79 Å². The van der Waals surface area contributed by atoms with Crippen molar-refractivity contribution in [2.45, 2.75) is 25.3 Å². The van der Waals surface area contributed by atoms with Crippen molar-refractivity contribution in [3.05, 3.63) is 70.8 Å². The highest BCUT2D eigenvalue weighted by atomic mass is 19.4. The average molecular weight is 552 g/mol. The minimum Gasteiger partial charge on any atom is -0.490 e. The fraction of sp³-hybridized carbons (Fsp3) is 0.286. The molecule has 12 heteroatoms. The van der Waals surface area contributed by atoms with Crippen molar-refractivity contribution >= 4 is 16.7 Å². The van der Waals surface area contributed by atoms with Gasteiger partial charge in [-0.05, 0) is 42.5 Å². The van der Waals surface area contributed by atoms with Gasteiger partial charge in [-0.25, -0.2) is 9.97 Å². The van der Waals surface area contributed by atoms with Crippen molar-refractivity contribution in [2.24, 2.45) is 7.05 Å². The molecule has 1 fully saturated rings. The number of piperidine rings is 1. The van der Waals surface area contributed by atoms with Crippen LogP contribution in [-0.4, -0.2) is 47.2 Å². The molecule has 40 heavy (non-hydrogen) atoms. The molecule has 0 spiro atoms. The molecule has 9 nitrogen and oxygen atoms in total. The van der Waals surface area contributed by atoms with Gasteiger partial charge in [0.1, 0.15) is 34.9 Å². The lowest BCUT2D eigenvalue weighted by atomic mass is 10.0. The van der Waals surface area contributed by atoms with E-state index in [1.54, 1.807) is 37.5 Å². The number of alkyl halides is 3. The van der Waals surface area contributed by atoms with Crippen molar-refractivity contribution < 1.29 is 27.4 Å². The van der Waals surface area contributed by atoms with Gasteiger partial charge in [0, 0.05) is 50.8 Å². The third kappa shape index (κ3) is 5.49. The van der Waals surface area contributed by atoms with Crippen molar-refractivity contribution in [1.29, 1.82) is 5.26 Å². The highest BCUT2D eigenvalue weighted by Gasteiger charge is 2.31. The second-order valence-corrected chi connectivity index (χ2v) is 9.18. The molecule has 206 valence electrons. The molecule has 0 bridgehead atoms. The Labute approximate surface area is 227 Å². The largest absolute Gasteiger partial charge is 0.573 e. The maximum atomic E-state index is 13.7. The summed E-state index contributed by atoms with van der Waals surface area (Å²) in [5.74, 6) is 0.512. The number of halogens is 3. The Kier molecular flexibility index (Phi) is 7.21. The molecule has 0 aliphatic carbocycles. The lowest BCUT2D eigenvalue weighted by Crippen LogP contribution is -2.39. The van der Waals surface area contributed by atoms with Gasteiger partial charge in [-0.1, -0.05) is 0 Å². The van der Waals surface area contributed by atoms with Crippen LogP contribution in [0.3, 0.4) is 0 Å². The Bertz CT molecular complexity index is 1620. The summed E-state index contributed by atoms with van der Waals surface area (Å²) in [6.07, 6.45) is -2.23. The summed E-state index contributed by atoms with van der Waals surface area (Å²) in [4.78, 5) is 24.6. The summed E-state index contributed by atoms with van der Waals surface area (Å²) in [7, 11) is 3.17. The maximum absolute atomic E-state index is 13.7. The monoisotopic (exact) mass is 551 g/mol. The number of hydrogen-bond donors (Lipinski definition) is 0. The van der Waals surface area contributed by atoms with Crippen molar-refractivity contribution in [1.82, 2.24) is 14.5 Å². The molecule has 3 aromatic heterocycles. The number of hydrogen-bond acceptors (Lipinski definition) is 8. The molecule has 1 aliphatic rings. The van der Waals surface area contributed by atoms with Gasteiger partial charge < -0.3 is 23.7 Å². The summed E-state index contributed by atoms with van der Waals surface area (Å²) in [6.45, 7) is 1.02. The first-order valence-corrected chi connectivity index (χ1v) is 12.4. The van der Waals surface area contributed by atoms with Crippen molar-refractivity contribution in [3.63, 3.8) is 0 Å². The average Bonchev–Trinajstić information content (AvgIpc) is 2.95. The van der Waals surface area contributed by atoms with Crippen LogP contribution in [-0.2, 0) is 7.05 Å². The van der Waals surface area contributed by atoms with Crippen LogP contribution in [0.25, 0.3) is 22.2 Å². The number of fused-ring (bicyclic) bond motifs is 1. The van der Waals surface area contributed by atoms with E-state index in [0.29, 0.717) is 65.4 Å². The van der Waals surface area contributed by atoms with E-state index in [-0.39, 0.29) is 23.1 Å². The van der Waals surface area contributed by atoms with E-state index < -0.39 is 6.36 Å². The number of anilines is 1. The van der Waals surface area contributed by atoms with E-state index in [1.165, 1.54) is 35.9 Å². The zero-order valence-electron chi connectivity index (χ0n) is 21.6. The van der Waals surface area contributed by atoms with E-state index >= 15 is 0 Å². The molecule has 0 unspecified atom stereocenters. The number of ether oxygens (including phenoxy) is 3. The van der Waals surface area contributed by atoms with Crippen LogP contribution in [0.5, 0.6) is 17.4 Å². The van der Waals surface area contributed by atoms with E-state index in [4.69, 9.17) is 9.47 Å². The first-order chi connectivity index (χ1) is 19.2. The topological polar surface area (TPSA) is 103 Å². The third-order valence-corrected chi connectivity index (χ3v) is 6.68. The fourth-order valence-electron chi connectivity index (χ4n) is 4.78. The summed E-state index contributed by atoms with van der Waals surface area (Å²) in [6, 6.07) is 14.1. The smallest absolute Gasteiger partial charge is 0.490 e. The molecule has 1 aliphatic heterocycles. The second-order valence-electron chi connectivity index (χ2n) is 9.18. The Morgan fingerprint density at radius 3 is 2.33 bits per heavy atom. The predicted molar refractivity (Wildman–Crippen MR) is 140 cm³/mol. The van der Waals surface area contributed by atoms with Gasteiger partial charge in [0.05, 0.1) is 23.9 Å². The summed E-state index contributed by atoms with van der Waals surface area (Å²) >= 11 is 0. The van der Waals surface area contributed by atoms with Crippen LogP contribution >= 0.6 is 0 Å². The molecular formula is C28H24F3N5O4.